The minimum Gasteiger partial charge on any atom is -0.456 e. The van der Waals surface area contributed by atoms with E-state index in [1.54, 1.807) is 19.1 Å². The van der Waals surface area contributed by atoms with Crippen LogP contribution in [0.4, 0.5) is 13.2 Å². The summed E-state index contributed by atoms with van der Waals surface area (Å²) in [5, 5.41) is 10.1. The van der Waals surface area contributed by atoms with Gasteiger partial charge in [0.25, 0.3) is 0 Å². The SMILES string of the molecule is C[C@H]([C@@H](O)C(F)(F)F)[C@H]1CC[C@H]2[C@@H]3CC[C@@H]4C[C@@](C)(OC(=O)c5ccccc5)CC[C@]4(C)[C@H]3CC[C@]12C. The molecule has 6 heteroatoms. The molecule has 4 fully saturated rings. The molecule has 1 aromatic rings. The number of benzene rings is 1. The zero-order valence-corrected chi connectivity index (χ0v) is 22.7. The lowest BCUT2D eigenvalue weighted by Gasteiger charge is -2.62. The Labute approximate surface area is 219 Å². The van der Waals surface area contributed by atoms with Crippen molar-refractivity contribution < 1.29 is 27.8 Å². The normalized spacial score (nSPS) is 43.2. The van der Waals surface area contributed by atoms with Gasteiger partial charge in [-0.25, -0.2) is 4.79 Å². The molecule has 0 amide bonds. The summed E-state index contributed by atoms with van der Waals surface area (Å²) >= 11 is 0. The minimum absolute atomic E-state index is 0.0901. The Morgan fingerprint density at radius 1 is 0.946 bits per heavy atom. The van der Waals surface area contributed by atoms with Crippen LogP contribution in [0.2, 0.25) is 0 Å². The molecule has 5 rings (SSSR count). The fraction of sp³-hybridized carbons (Fsp3) is 0.774. The predicted octanol–water partition coefficient (Wildman–Crippen LogP) is 7.82. The van der Waals surface area contributed by atoms with Gasteiger partial charge < -0.3 is 9.84 Å². The van der Waals surface area contributed by atoms with Crippen molar-refractivity contribution in [2.45, 2.75) is 103 Å². The first-order valence-corrected chi connectivity index (χ1v) is 14.3. The zero-order chi connectivity index (χ0) is 26.8. The monoisotopic (exact) mass is 520 g/mol. The molecule has 0 unspecified atom stereocenters. The van der Waals surface area contributed by atoms with E-state index in [9.17, 15) is 23.1 Å². The van der Waals surface area contributed by atoms with Crippen molar-refractivity contribution in [2.24, 2.45) is 46.3 Å². The molecule has 0 radical (unpaired) electrons. The molecule has 1 N–H and O–H groups in total. The Morgan fingerprint density at radius 2 is 1.62 bits per heavy atom. The van der Waals surface area contributed by atoms with Crippen LogP contribution in [0.15, 0.2) is 30.3 Å². The maximum atomic E-state index is 13.4. The third kappa shape index (κ3) is 4.53. The van der Waals surface area contributed by atoms with Crippen LogP contribution in [0, 0.1) is 46.3 Å². The topological polar surface area (TPSA) is 46.5 Å². The first-order valence-electron chi connectivity index (χ1n) is 14.3. The lowest BCUT2D eigenvalue weighted by molar-refractivity contribution is -0.228. The van der Waals surface area contributed by atoms with Crippen LogP contribution >= 0.6 is 0 Å². The van der Waals surface area contributed by atoms with E-state index in [0.29, 0.717) is 29.2 Å². The van der Waals surface area contributed by atoms with Crippen LogP contribution in [0.3, 0.4) is 0 Å². The zero-order valence-electron chi connectivity index (χ0n) is 22.7. The third-order valence-electron chi connectivity index (χ3n) is 11.8. The fourth-order valence-electron chi connectivity index (χ4n) is 9.79. The number of alkyl halides is 3. The third-order valence-corrected chi connectivity index (χ3v) is 11.8. The van der Waals surface area contributed by atoms with Crippen LogP contribution in [-0.2, 0) is 4.74 Å². The van der Waals surface area contributed by atoms with E-state index in [0.717, 1.165) is 57.8 Å². The van der Waals surface area contributed by atoms with Crippen LogP contribution in [0.25, 0.3) is 0 Å². The Morgan fingerprint density at radius 3 is 2.30 bits per heavy atom. The smallest absolute Gasteiger partial charge is 0.414 e. The van der Waals surface area contributed by atoms with E-state index in [1.165, 1.54) is 0 Å². The fourth-order valence-corrected chi connectivity index (χ4v) is 9.79. The molecule has 0 spiro atoms. The van der Waals surface area contributed by atoms with E-state index in [-0.39, 0.29) is 22.7 Å². The Kier molecular flexibility index (Phi) is 6.77. The molecule has 4 aliphatic rings. The van der Waals surface area contributed by atoms with Gasteiger partial charge in [0.05, 0.1) is 5.56 Å². The Bertz CT molecular complexity index is 995. The quantitative estimate of drug-likeness (QED) is 0.412. The van der Waals surface area contributed by atoms with Gasteiger partial charge in [-0.2, -0.15) is 13.2 Å². The number of carbonyl (C=O) groups is 1. The van der Waals surface area contributed by atoms with Gasteiger partial charge in [0.15, 0.2) is 6.10 Å². The molecular weight excluding hydrogens is 477 g/mol. The number of hydrogen-bond acceptors (Lipinski definition) is 3. The number of hydrogen-bond donors (Lipinski definition) is 1. The molecule has 3 nitrogen and oxygen atoms in total. The van der Waals surface area contributed by atoms with Gasteiger partial charge in [0.1, 0.15) is 5.60 Å². The first-order chi connectivity index (χ1) is 17.3. The van der Waals surface area contributed by atoms with Gasteiger partial charge in [-0.15, -0.1) is 0 Å². The number of carbonyl (C=O) groups excluding carboxylic acids is 1. The first kappa shape index (κ1) is 27.0. The molecule has 0 aliphatic heterocycles. The van der Waals surface area contributed by atoms with Crippen LogP contribution in [-0.4, -0.2) is 29.0 Å². The maximum Gasteiger partial charge on any atom is 0.414 e. The molecular formula is C31H43F3O3. The van der Waals surface area contributed by atoms with Crippen LogP contribution in [0.1, 0.15) is 95.8 Å². The number of aliphatic hydroxyl groups is 1. The molecule has 0 bridgehead atoms. The van der Waals surface area contributed by atoms with E-state index >= 15 is 0 Å². The van der Waals surface area contributed by atoms with Crippen molar-refractivity contribution in [3.05, 3.63) is 35.9 Å². The number of ether oxygens (including phenoxy) is 1. The number of esters is 1. The second-order valence-corrected chi connectivity index (χ2v) is 13.6. The Balaban J connectivity index is 1.30. The summed E-state index contributed by atoms with van der Waals surface area (Å²) < 4.78 is 46.2. The largest absolute Gasteiger partial charge is 0.456 e. The van der Waals surface area contributed by atoms with Crippen molar-refractivity contribution in [1.82, 2.24) is 0 Å². The number of aliphatic hydroxyl groups excluding tert-OH is 1. The molecule has 1 aromatic carbocycles. The molecule has 10 atom stereocenters. The molecule has 4 saturated carbocycles. The van der Waals surface area contributed by atoms with Crippen LogP contribution < -0.4 is 0 Å². The molecule has 0 aromatic heterocycles. The minimum atomic E-state index is -4.56. The maximum absolute atomic E-state index is 13.4. The lowest BCUT2D eigenvalue weighted by atomic mass is 9.43. The number of rotatable bonds is 4. The summed E-state index contributed by atoms with van der Waals surface area (Å²) in [6, 6.07) is 9.20. The molecule has 0 heterocycles. The average Bonchev–Trinajstić information content (AvgIpc) is 3.20. The van der Waals surface area contributed by atoms with Crippen molar-refractivity contribution in [3.8, 4) is 0 Å². The Hall–Kier alpha value is -1.56. The lowest BCUT2D eigenvalue weighted by Crippen LogP contribution is -2.56. The van der Waals surface area contributed by atoms with Gasteiger partial charge in [-0.1, -0.05) is 39.0 Å². The summed E-state index contributed by atoms with van der Waals surface area (Å²) in [7, 11) is 0. The van der Waals surface area contributed by atoms with Gasteiger partial charge in [-0.05, 0) is 123 Å². The van der Waals surface area contributed by atoms with Crippen molar-refractivity contribution in [3.63, 3.8) is 0 Å². The summed E-state index contributed by atoms with van der Waals surface area (Å²) in [6.45, 7) is 8.37. The standard InChI is InChI=1S/C31H43F3O3/c1-19(26(35)31(32,33)34)23-12-13-24-22-11-10-21-18-28(2,37-27(36)20-8-6-5-7-9-20)16-17-29(21,3)25(22)14-15-30(23,24)4/h5-9,19,21-26,35H,10-18H2,1-4H3/t19-,21+,22-,23+,24-,25-,26+,28-,29-,30+/m0/s1. The van der Waals surface area contributed by atoms with Crippen molar-refractivity contribution in [1.29, 1.82) is 0 Å². The van der Waals surface area contributed by atoms with Crippen molar-refractivity contribution >= 4 is 5.97 Å². The van der Waals surface area contributed by atoms with Gasteiger partial charge in [0, 0.05) is 0 Å². The average molecular weight is 521 g/mol. The highest BCUT2D eigenvalue weighted by Gasteiger charge is 2.63. The summed E-state index contributed by atoms with van der Waals surface area (Å²) in [4.78, 5) is 12.8. The predicted molar refractivity (Wildman–Crippen MR) is 137 cm³/mol. The molecule has 0 saturated heterocycles. The van der Waals surface area contributed by atoms with Gasteiger partial charge in [-0.3, -0.25) is 0 Å². The summed E-state index contributed by atoms with van der Waals surface area (Å²) in [5.41, 5.74) is 0.171. The van der Waals surface area contributed by atoms with E-state index in [4.69, 9.17) is 4.74 Å². The molecule has 4 aliphatic carbocycles. The van der Waals surface area contributed by atoms with Gasteiger partial charge in [0.2, 0.25) is 0 Å². The highest BCUT2D eigenvalue weighted by molar-refractivity contribution is 5.89. The van der Waals surface area contributed by atoms with E-state index < -0.39 is 23.8 Å². The highest BCUT2D eigenvalue weighted by atomic mass is 19.4. The van der Waals surface area contributed by atoms with Crippen molar-refractivity contribution in [2.75, 3.05) is 0 Å². The number of halogens is 3. The number of fused-ring (bicyclic) bond motifs is 5. The summed E-state index contributed by atoms with van der Waals surface area (Å²) in [6.07, 6.45) is 1.90. The van der Waals surface area contributed by atoms with E-state index in [2.05, 4.69) is 20.8 Å². The van der Waals surface area contributed by atoms with Crippen LogP contribution in [0.5, 0.6) is 0 Å². The molecule has 37 heavy (non-hydrogen) atoms. The second-order valence-electron chi connectivity index (χ2n) is 13.6. The van der Waals surface area contributed by atoms with E-state index in [1.807, 2.05) is 18.2 Å². The molecule has 206 valence electrons. The highest BCUT2D eigenvalue weighted by Crippen LogP contribution is 2.69. The van der Waals surface area contributed by atoms with Gasteiger partial charge >= 0.3 is 12.1 Å². The second kappa shape index (κ2) is 9.27. The summed E-state index contributed by atoms with van der Waals surface area (Å²) in [5.74, 6) is 0.920.